The lowest BCUT2D eigenvalue weighted by Crippen LogP contribution is -2.20. The van der Waals surface area contributed by atoms with E-state index in [1.165, 1.54) is 24.3 Å². The van der Waals surface area contributed by atoms with Gasteiger partial charge in [-0.15, -0.1) is 0 Å². The minimum Gasteiger partial charge on any atom is -0.481 e. The quantitative estimate of drug-likeness (QED) is 0.835. The lowest BCUT2D eigenvalue weighted by Gasteiger charge is -2.13. The van der Waals surface area contributed by atoms with E-state index in [1.54, 1.807) is 30.3 Å². The van der Waals surface area contributed by atoms with Crippen LogP contribution in [0.25, 0.3) is 0 Å². The summed E-state index contributed by atoms with van der Waals surface area (Å²) < 4.78 is 22.8. The van der Waals surface area contributed by atoms with Crippen LogP contribution < -0.4 is 5.32 Å². The minimum absolute atomic E-state index is 0.146. The highest BCUT2D eigenvalue weighted by molar-refractivity contribution is 7.90. The van der Waals surface area contributed by atoms with Gasteiger partial charge in [0.2, 0.25) is 5.91 Å². The number of nitrogens with one attached hydrogen (secondary N) is 1. The highest BCUT2D eigenvalue weighted by Crippen LogP contribution is 2.21. The number of amides is 1. The molecule has 24 heavy (non-hydrogen) atoms. The van der Waals surface area contributed by atoms with Crippen LogP contribution in [-0.2, 0) is 19.4 Å². The van der Waals surface area contributed by atoms with Gasteiger partial charge < -0.3 is 10.4 Å². The number of hydrogen-bond acceptors (Lipinski definition) is 4. The number of carboxylic acids is 1. The van der Waals surface area contributed by atoms with Crippen molar-refractivity contribution in [3.05, 3.63) is 60.2 Å². The average Bonchev–Trinajstić information content (AvgIpc) is 2.53. The van der Waals surface area contributed by atoms with E-state index in [-0.39, 0.29) is 11.3 Å². The smallest absolute Gasteiger partial charge is 0.311 e. The molecule has 0 radical (unpaired) electrons. The lowest BCUT2D eigenvalue weighted by atomic mass is 9.95. The van der Waals surface area contributed by atoms with Crippen LogP contribution in [0.5, 0.6) is 0 Å². The van der Waals surface area contributed by atoms with Gasteiger partial charge in [0, 0.05) is 18.4 Å². The molecule has 2 aromatic carbocycles. The number of aliphatic carboxylic acids is 1. The highest BCUT2D eigenvalue weighted by Gasteiger charge is 2.23. The van der Waals surface area contributed by atoms with Crippen LogP contribution >= 0.6 is 0 Å². The molecule has 2 N–H and O–H groups in total. The summed E-state index contributed by atoms with van der Waals surface area (Å²) in [5.41, 5.74) is 0.956. The zero-order valence-corrected chi connectivity index (χ0v) is 13.8. The largest absolute Gasteiger partial charge is 0.481 e. The summed E-state index contributed by atoms with van der Waals surface area (Å²) in [5, 5.41) is 11.9. The molecule has 2 aromatic rings. The fourth-order valence-corrected chi connectivity index (χ4v) is 2.85. The van der Waals surface area contributed by atoms with Crippen LogP contribution in [0.2, 0.25) is 0 Å². The first-order valence-electron chi connectivity index (χ1n) is 7.15. The van der Waals surface area contributed by atoms with Crippen LogP contribution in [-0.4, -0.2) is 31.7 Å². The summed E-state index contributed by atoms with van der Waals surface area (Å²) in [5.74, 6) is -2.48. The summed E-state index contributed by atoms with van der Waals surface area (Å²) in [6.45, 7) is 0. The molecule has 0 aliphatic heterocycles. The van der Waals surface area contributed by atoms with E-state index in [4.69, 9.17) is 0 Å². The maximum atomic E-state index is 12.1. The molecule has 6 nitrogen and oxygen atoms in total. The number of hydrogen-bond donors (Lipinski definition) is 2. The third kappa shape index (κ3) is 4.66. The monoisotopic (exact) mass is 347 g/mol. The molecule has 1 unspecified atom stereocenters. The van der Waals surface area contributed by atoms with Crippen molar-refractivity contribution in [3.8, 4) is 0 Å². The van der Waals surface area contributed by atoms with Crippen LogP contribution in [0.4, 0.5) is 5.69 Å². The topological polar surface area (TPSA) is 101 Å². The zero-order valence-electron chi connectivity index (χ0n) is 13.0. The summed E-state index contributed by atoms with van der Waals surface area (Å²) in [4.78, 5) is 23.6. The van der Waals surface area contributed by atoms with Gasteiger partial charge in [0.1, 0.15) is 0 Å². The van der Waals surface area contributed by atoms with Gasteiger partial charge in [-0.05, 0) is 29.8 Å². The van der Waals surface area contributed by atoms with Crippen molar-refractivity contribution in [3.63, 3.8) is 0 Å². The Labute approximate surface area is 140 Å². The molecule has 0 bridgehead atoms. The Hall–Kier alpha value is -2.67. The molecule has 1 atom stereocenters. The summed E-state index contributed by atoms with van der Waals surface area (Å²) in [7, 11) is -3.30. The first-order valence-corrected chi connectivity index (χ1v) is 9.04. The lowest BCUT2D eigenvalue weighted by molar-refractivity contribution is -0.140. The fraction of sp³-hybridized carbons (Fsp3) is 0.176. The van der Waals surface area contributed by atoms with Crippen molar-refractivity contribution in [1.29, 1.82) is 0 Å². The molecule has 126 valence electrons. The second-order valence-corrected chi connectivity index (χ2v) is 7.37. The predicted octanol–water partition coefficient (Wildman–Crippen LogP) is 2.29. The van der Waals surface area contributed by atoms with Crippen LogP contribution in [0.1, 0.15) is 17.9 Å². The first-order chi connectivity index (χ1) is 11.3. The molecule has 2 rings (SSSR count). The van der Waals surface area contributed by atoms with Gasteiger partial charge in [-0.1, -0.05) is 30.3 Å². The van der Waals surface area contributed by atoms with Crippen molar-refractivity contribution in [2.24, 2.45) is 0 Å². The van der Waals surface area contributed by atoms with Gasteiger partial charge in [0.15, 0.2) is 9.84 Å². The standard InChI is InChI=1S/C17H17NO5S/c1-24(22,23)14-9-7-13(8-10-14)18-16(19)11-15(17(20)21)12-5-3-2-4-6-12/h2-10,15H,11H2,1H3,(H,18,19)(H,20,21). The number of sulfone groups is 1. The third-order valence-corrected chi connectivity index (χ3v) is 4.58. The number of benzene rings is 2. The molecular formula is C17H17NO5S. The number of carbonyl (C=O) groups excluding carboxylic acids is 1. The molecule has 7 heteroatoms. The van der Waals surface area contributed by atoms with Crippen LogP contribution in [0.15, 0.2) is 59.5 Å². The van der Waals surface area contributed by atoms with Crippen LogP contribution in [0, 0.1) is 0 Å². The van der Waals surface area contributed by atoms with Gasteiger partial charge in [-0.2, -0.15) is 0 Å². The molecule has 0 aliphatic carbocycles. The van der Waals surface area contributed by atoms with Crippen molar-refractivity contribution < 1.29 is 23.1 Å². The van der Waals surface area contributed by atoms with E-state index in [0.717, 1.165) is 6.26 Å². The van der Waals surface area contributed by atoms with Crippen LogP contribution in [0.3, 0.4) is 0 Å². The second-order valence-electron chi connectivity index (χ2n) is 5.35. The van der Waals surface area contributed by atoms with Gasteiger partial charge in [-0.3, -0.25) is 9.59 Å². The number of anilines is 1. The number of carboxylic acid groups (broad SMARTS) is 1. The molecule has 0 spiro atoms. The van der Waals surface area contributed by atoms with Crippen molar-refractivity contribution >= 4 is 27.4 Å². The highest BCUT2D eigenvalue weighted by atomic mass is 32.2. The Morgan fingerprint density at radius 1 is 1.04 bits per heavy atom. The third-order valence-electron chi connectivity index (χ3n) is 3.46. The van der Waals surface area contributed by atoms with Crippen molar-refractivity contribution in [1.82, 2.24) is 0 Å². The van der Waals surface area contributed by atoms with E-state index in [2.05, 4.69) is 5.32 Å². The Bertz CT molecular complexity index is 829. The second kappa shape index (κ2) is 7.27. The Balaban J connectivity index is 2.08. The fourth-order valence-electron chi connectivity index (χ4n) is 2.22. The summed E-state index contributed by atoms with van der Waals surface area (Å²) in [6, 6.07) is 14.2. The van der Waals surface area contributed by atoms with E-state index in [0.29, 0.717) is 11.3 Å². The van der Waals surface area contributed by atoms with Crippen molar-refractivity contribution in [2.45, 2.75) is 17.2 Å². The van der Waals surface area contributed by atoms with Gasteiger partial charge in [0.25, 0.3) is 0 Å². The Kier molecular flexibility index (Phi) is 5.35. The Morgan fingerprint density at radius 3 is 2.12 bits per heavy atom. The summed E-state index contributed by atoms with van der Waals surface area (Å²) in [6.07, 6.45) is 0.880. The van der Waals surface area contributed by atoms with Gasteiger partial charge >= 0.3 is 5.97 Å². The summed E-state index contributed by atoms with van der Waals surface area (Å²) >= 11 is 0. The van der Waals surface area contributed by atoms with Gasteiger partial charge in [-0.25, -0.2) is 8.42 Å². The molecular weight excluding hydrogens is 330 g/mol. The molecule has 1 amide bonds. The first kappa shape index (κ1) is 17.7. The van der Waals surface area contributed by atoms with Crippen molar-refractivity contribution in [2.75, 3.05) is 11.6 Å². The molecule has 0 aliphatic rings. The SMILES string of the molecule is CS(=O)(=O)c1ccc(NC(=O)CC(C(=O)O)c2ccccc2)cc1. The van der Waals surface area contributed by atoms with E-state index in [1.807, 2.05) is 0 Å². The molecule has 0 fully saturated rings. The maximum Gasteiger partial charge on any atom is 0.311 e. The molecule has 0 aromatic heterocycles. The normalized spacial score (nSPS) is 12.4. The zero-order chi connectivity index (χ0) is 17.7. The maximum absolute atomic E-state index is 12.1. The Morgan fingerprint density at radius 2 is 1.62 bits per heavy atom. The number of rotatable bonds is 6. The minimum atomic E-state index is -3.30. The van der Waals surface area contributed by atoms with E-state index < -0.39 is 27.6 Å². The predicted molar refractivity (Wildman–Crippen MR) is 89.6 cm³/mol. The molecule has 0 saturated heterocycles. The average molecular weight is 347 g/mol. The van der Waals surface area contributed by atoms with E-state index >= 15 is 0 Å². The molecule has 0 saturated carbocycles. The molecule has 0 heterocycles. The van der Waals surface area contributed by atoms with E-state index in [9.17, 15) is 23.1 Å². The number of carbonyl (C=O) groups is 2. The van der Waals surface area contributed by atoms with Gasteiger partial charge in [0.05, 0.1) is 10.8 Å².